The van der Waals surface area contributed by atoms with E-state index < -0.39 is 18.0 Å². The van der Waals surface area contributed by atoms with Gasteiger partial charge in [-0.25, -0.2) is 0 Å². The highest BCUT2D eigenvalue weighted by Crippen LogP contribution is 2.75. The maximum Gasteiger partial charge on any atom is 0.307 e. The number of carboxylic acids is 1. The summed E-state index contributed by atoms with van der Waals surface area (Å²) >= 11 is 0. The van der Waals surface area contributed by atoms with Crippen LogP contribution in [0.25, 0.3) is 0 Å². The summed E-state index contributed by atoms with van der Waals surface area (Å²) in [5.74, 6) is 0.138. The molecule has 9 heteroatoms. The number of hydrogen-bond donors (Lipinski definition) is 4. The molecule has 0 spiro atoms. The number of carbonyl (C=O) groups excluding carboxylic acids is 1. The lowest BCUT2D eigenvalue weighted by Crippen LogP contribution is -2.70. The second-order valence-corrected chi connectivity index (χ2v) is 17.6. The monoisotopic (exact) mass is 657 g/mol. The summed E-state index contributed by atoms with van der Waals surface area (Å²) in [5.41, 5.74) is -0.0625. The maximum absolute atomic E-state index is 13.4. The van der Waals surface area contributed by atoms with Gasteiger partial charge in [0.1, 0.15) is 12.2 Å². The Labute approximate surface area is 283 Å². The van der Waals surface area contributed by atoms with Gasteiger partial charge in [-0.3, -0.25) is 15.0 Å². The van der Waals surface area contributed by atoms with Gasteiger partial charge in [-0.1, -0.05) is 60.1 Å². The minimum Gasteiger partial charge on any atom is -0.481 e. The zero-order valence-electron chi connectivity index (χ0n) is 30.8. The van der Waals surface area contributed by atoms with Gasteiger partial charge in [-0.15, -0.1) is 0 Å². The SMILES string of the molecule is CC(=O)O[C@@H]1C[C@@]23COC[C@@](C)(C2CC[C@H]2C3=CC[C@@]3(C)[C@H](C(=O)O)[C@@](C)([C@H](C)C(C)C)CC[C@]23C)[C@H]1OCCNC(=N)NC(C)C. The van der Waals surface area contributed by atoms with Crippen LogP contribution in [-0.4, -0.2) is 67.6 Å². The van der Waals surface area contributed by atoms with Crippen LogP contribution in [0.4, 0.5) is 0 Å². The van der Waals surface area contributed by atoms with Crippen molar-refractivity contribution in [1.82, 2.24) is 10.6 Å². The van der Waals surface area contributed by atoms with Crippen molar-refractivity contribution in [2.24, 2.45) is 56.7 Å². The molecule has 11 atom stereocenters. The summed E-state index contributed by atoms with van der Waals surface area (Å²) in [7, 11) is 0. The van der Waals surface area contributed by atoms with Gasteiger partial charge in [0.15, 0.2) is 5.96 Å². The number of ether oxygens (including phenoxy) is 3. The molecule has 0 amide bonds. The second kappa shape index (κ2) is 12.6. The van der Waals surface area contributed by atoms with E-state index in [0.717, 1.165) is 32.1 Å². The molecule has 1 heterocycles. The molecule has 3 saturated carbocycles. The quantitative estimate of drug-likeness (QED) is 0.0736. The molecule has 4 fully saturated rings. The van der Waals surface area contributed by atoms with Gasteiger partial charge in [-0.05, 0) is 92.3 Å². The summed E-state index contributed by atoms with van der Waals surface area (Å²) in [4.78, 5) is 25.9. The zero-order chi connectivity index (χ0) is 34.7. The molecule has 47 heavy (non-hydrogen) atoms. The predicted molar refractivity (Wildman–Crippen MR) is 183 cm³/mol. The van der Waals surface area contributed by atoms with Crippen molar-refractivity contribution in [2.75, 3.05) is 26.4 Å². The van der Waals surface area contributed by atoms with Crippen LogP contribution in [0.15, 0.2) is 11.6 Å². The average Bonchev–Trinajstić information content (AvgIpc) is 2.95. The van der Waals surface area contributed by atoms with Crippen molar-refractivity contribution in [3.63, 3.8) is 0 Å². The second-order valence-electron chi connectivity index (χ2n) is 17.6. The summed E-state index contributed by atoms with van der Waals surface area (Å²) < 4.78 is 19.3. The number of guanidine groups is 1. The average molecular weight is 658 g/mol. The lowest BCUT2D eigenvalue weighted by molar-refractivity contribution is -0.266. The first kappa shape index (κ1) is 36.2. The predicted octanol–water partition coefficient (Wildman–Crippen LogP) is 6.41. The molecule has 5 rings (SSSR count). The molecule has 1 unspecified atom stereocenters. The van der Waals surface area contributed by atoms with Gasteiger partial charge in [0.25, 0.3) is 0 Å². The Balaban J connectivity index is 1.49. The van der Waals surface area contributed by atoms with E-state index >= 15 is 0 Å². The van der Waals surface area contributed by atoms with E-state index in [9.17, 15) is 14.7 Å². The Morgan fingerprint density at radius 3 is 2.38 bits per heavy atom. The van der Waals surface area contributed by atoms with E-state index in [1.54, 1.807) is 0 Å². The largest absolute Gasteiger partial charge is 0.481 e. The number of nitrogens with one attached hydrogen (secondary N) is 3. The number of esters is 1. The zero-order valence-corrected chi connectivity index (χ0v) is 30.8. The van der Waals surface area contributed by atoms with Crippen molar-refractivity contribution in [3.8, 4) is 0 Å². The lowest BCUT2D eigenvalue weighted by Gasteiger charge is -2.71. The Morgan fingerprint density at radius 1 is 1.06 bits per heavy atom. The summed E-state index contributed by atoms with van der Waals surface area (Å²) in [6.45, 7) is 23.4. The van der Waals surface area contributed by atoms with Gasteiger partial charge in [0.05, 0.1) is 25.7 Å². The molecular formula is C38H63N3O6. The highest BCUT2D eigenvalue weighted by Gasteiger charge is 2.72. The van der Waals surface area contributed by atoms with Crippen LogP contribution in [0.1, 0.15) is 108 Å². The van der Waals surface area contributed by atoms with Crippen LogP contribution in [0.2, 0.25) is 0 Å². The van der Waals surface area contributed by atoms with Gasteiger partial charge in [0, 0.05) is 30.3 Å². The van der Waals surface area contributed by atoms with Gasteiger partial charge in [0.2, 0.25) is 0 Å². The van der Waals surface area contributed by atoms with Gasteiger partial charge < -0.3 is 30.0 Å². The van der Waals surface area contributed by atoms with E-state index in [1.165, 1.54) is 12.5 Å². The Kier molecular flexibility index (Phi) is 9.72. The molecular weight excluding hydrogens is 594 g/mol. The van der Waals surface area contributed by atoms with Gasteiger partial charge in [-0.2, -0.15) is 0 Å². The Hall–Kier alpha value is -2.13. The minimum atomic E-state index is -0.650. The van der Waals surface area contributed by atoms with E-state index in [2.05, 4.69) is 65.2 Å². The fraction of sp³-hybridized carbons (Fsp3) is 0.868. The lowest BCUT2D eigenvalue weighted by atomic mass is 9.34. The van der Waals surface area contributed by atoms with Crippen molar-refractivity contribution in [3.05, 3.63) is 11.6 Å². The van der Waals surface area contributed by atoms with Crippen molar-refractivity contribution in [1.29, 1.82) is 5.41 Å². The Bertz CT molecular complexity index is 1270. The standard InChI is InChI=1S/C38H63N3O6/c1-22(2)24(5)34(7)15-16-36(9)26-11-12-29-35(8)20-45-21-38(29,27(26)13-14-37(36,10)30(34)32(43)44)19-28(47-25(6)42)31(35)46-18-17-40-33(39)41-23(3)4/h13,22-24,26,28-31H,11-12,14-21H2,1-10H3,(H,43,44)(H3,39,40,41)/t24-,26+,28-,29?,30-,31+,34-,35+,36-,37+,38+/m1/s1. The first-order chi connectivity index (χ1) is 21.9. The number of allylic oxidation sites excluding steroid dienone is 1. The molecule has 2 bridgehead atoms. The first-order valence-electron chi connectivity index (χ1n) is 18.3. The number of carbonyl (C=O) groups is 2. The summed E-state index contributed by atoms with van der Waals surface area (Å²) in [6, 6.07) is 0.162. The van der Waals surface area contributed by atoms with Crippen LogP contribution in [0.3, 0.4) is 0 Å². The number of fused-ring (bicyclic) bond motifs is 3. The fourth-order valence-electron chi connectivity index (χ4n) is 11.9. The van der Waals surface area contributed by atoms with E-state index in [1.807, 2.05) is 13.8 Å². The van der Waals surface area contributed by atoms with Crippen LogP contribution in [0, 0.1) is 62.1 Å². The third-order valence-electron chi connectivity index (χ3n) is 14.5. The molecule has 0 aromatic rings. The van der Waals surface area contributed by atoms with Crippen LogP contribution < -0.4 is 10.6 Å². The molecule has 4 aliphatic carbocycles. The molecule has 0 radical (unpaired) electrons. The van der Waals surface area contributed by atoms with Crippen LogP contribution >= 0.6 is 0 Å². The van der Waals surface area contributed by atoms with Crippen molar-refractivity contribution >= 4 is 17.9 Å². The smallest absolute Gasteiger partial charge is 0.307 e. The number of rotatable bonds is 9. The molecule has 1 aliphatic heterocycles. The first-order valence-corrected chi connectivity index (χ1v) is 18.3. The minimum absolute atomic E-state index is 0.162. The third kappa shape index (κ3) is 5.63. The van der Waals surface area contributed by atoms with E-state index in [0.29, 0.717) is 50.5 Å². The molecule has 1 saturated heterocycles. The molecule has 266 valence electrons. The highest BCUT2D eigenvalue weighted by molar-refractivity contribution is 5.76. The number of carboxylic acid groups (broad SMARTS) is 1. The van der Waals surface area contributed by atoms with E-state index in [-0.39, 0.29) is 57.1 Å². The van der Waals surface area contributed by atoms with Crippen LogP contribution in [-0.2, 0) is 23.8 Å². The summed E-state index contributed by atoms with van der Waals surface area (Å²) in [5, 5.41) is 25.2. The Morgan fingerprint density at radius 2 is 1.77 bits per heavy atom. The summed E-state index contributed by atoms with van der Waals surface area (Å²) in [6.07, 6.45) is 7.02. The molecule has 4 N–H and O–H groups in total. The highest BCUT2D eigenvalue weighted by atomic mass is 16.6. The molecule has 5 aliphatic rings. The van der Waals surface area contributed by atoms with Crippen LogP contribution in [0.5, 0.6) is 0 Å². The normalized spacial score (nSPS) is 43.1. The molecule has 9 nitrogen and oxygen atoms in total. The third-order valence-corrected chi connectivity index (χ3v) is 14.5. The number of hydrogen-bond acceptors (Lipinski definition) is 6. The maximum atomic E-state index is 13.4. The molecule has 0 aromatic heterocycles. The van der Waals surface area contributed by atoms with Crippen molar-refractivity contribution in [2.45, 2.75) is 126 Å². The van der Waals surface area contributed by atoms with E-state index in [4.69, 9.17) is 19.6 Å². The topological polar surface area (TPSA) is 130 Å². The molecule has 0 aromatic carbocycles. The van der Waals surface area contributed by atoms with Gasteiger partial charge >= 0.3 is 11.9 Å². The number of aliphatic carboxylic acids is 1. The van der Waals surface area contributed by atoms with Crippen molar-refractivity contribution < 1.29 is 28.9 Å². The fourth-order valence-corrected chi connectivity index (χ4v) is 11.9.